The number of hydrogen-bond donors (Lipinski definition) is 5. The highest BCUT2D eigenvalue weighted by molar-refractivity contribution is 5.97. The fourth-order valence-electron chi connectivity index (χ4n) is 2.63. The van der Waals surface area contributed by atoms with Crippen molar-refractivity contribution in [3.63, 3.8) is 0 Å². The SMILES string of the molecule is N=C(N)N1CCN(C(=O)Nc2cccc(C(=O)NCCCC(=O)O)c2)CC1. The Balaban J connectivity index is 1.86. The van der Waals surface area contributed by atoms with E-state index in [1.807, 2.05) is 0 Å². The van der Waals surface area contributed by atoms with E-state index in [0.29, 0.717) is 43.9 Å². The standard InChI is InChI=1S/C17H24N6O4/c18-16(19)22-7-9-23(10-8-22)17(27)21-13-4-1-3-12(11-13)15(26)20-6-2-5-14(24)25/h1,3-4,11H,2,5-10H2,(H3,18,19)(H,20,26)(H,21,27)(H,24,25). The minimum atomic E-state index is -0.905. The number of hydrogen-bond acceptors (Lipinski definition) is 4. The van der Waals surface area contributed by atoms with Crippen LogP contribution in [-0.4, -0.2) is 71.5 Å². The zero-order valence-corrected chi connectivity index (χ0v) is 14.9. The van der Waals surface area contributed by atoms with Gasteiger partial charge in [-0.25, -0.2) is 4.79 Å². The lowest BCUT2D eigenvalue weighted by atomic mass is 10.2. The van der Waals surface area contributed by atoms with Gasteiger partial charge in [0.15, 0.2) is 5.96 Å². The summed E-state index contributed by atoms with van der Waals surface area (Å²) in [6.07, 6.45) is 0.344. The van der Waals surface area contributed by atoms with Crippen molar-refractivity contribution in [2.75, 3.05) is 38.0 Å². The van der Waals surface area contributed by atoms with Gasteiger partial charge in [-0.2, -0.15) is 0 Å². The fraction of sp³-hybridized carbons (Fsp3) is 0.412. The Morgan fingerprint density at radius 1 is 1.15 bits per heavy atom. The van der Waals surface area contributed by atoms with E-state index in [2.05, 4.69) is 10.6 Å². The molecular weight excluding hydrogens is 352 g/mol. The van der Waals surface area contributed by atoms with Crippen molar-refractivity contribution in [3.05, 3.63) is 29.8 Å². The van der Waals surface area contributed by atoms with Crippen molar-refractivity contribution >= 4 is 29.6 Å². The number of amides is 3. The molecule has 1 fully saturated rings. The molecule has 3 amide bonds. The van der Waals surface area contributed by atoms with Crippen LogP contribution in [0.25, 0.3) is 0 Å². The van der Waals surface area contributed by atoms with E-state index in [1.165, 1.54) is 0 Å². The second-order valence-corrected chi connectivity index (χ2v) is 6.12. The number of nitrogens with zero attached hydrogens (tertiary/aromatic N) is 2. The van der Waals surface area contributed by atoms with Gasteiger partial charge in [-0.1, -0.05) is 6.07 Å². The van der Waals surface area contributed by atoms with Crippen molar-refractivity contribution in [1.29, 1.82) is 5.41 Å². The Labute approximate surface area is 156 Å². The van der Waals surface area contributed by atoms with Gasteiger partial charge in [0.1, 0.15) is 0 Å². The fourth-order valence-corrected chi connectivity index (χ4v) is 2.63. The normalized spacial score (nSPS) is 13.8. The molecule has 10 heteroatoms. The van der Waals surface area contributed by atoms with Crippen molar-refractivity contribution < 1.29 is 19.5 Å². The molecule has 0 radical (unpaired) electrons. The summed E-state index contributed by atoms with van der Waals surface area (Å²) in [5, 5.41) is 21.4. The predicted molar refractivity (Wildman–Crippen MR) is 99.7 cm³/mol. The number of urea groups is 1. The quantitative estimate of drug-likeness (QED) is 0.274. The number of carbonyl (C=O) groups excluding carboxylic acids is 2. The van der Waals surface area contributed by atoms with E-state index >= 15 is 0 Å². The highest BCUT2D eigenvalue weighted by Gasteiger charge is 2.21. The minimum Gasteiger partial charge on any atom is -0.481 e. The molecule has 0 bridgehead atoms. The van der Waals surface area contributed by atoms with Crippen LogP contribution in [0.2, 0.25) is 0 Å². The highest BCUT2D eigenvalue weighted by atomic mass is 16.4. The second kappa shape index (κ2) is 9.41. The molecule has 2 rings (SSSR count). The van der Waals surface area contributed by atoms with Gasteiger partial charge in [0.25, 0.3) is 5.91 Å². The maximum atomic E-state index is 12.4. The van der Waals surface area contributed by atoms with E-state index in [0.717, 1.165) is 0 Å². The Morgan fingerprint density at radius 3 is 2.44 bits per heavy atom. The number of anilines is 1. The third-order valence-corrected chi connectivity index (χ3v) is 4.14. The summed E-state index contributed by atoms with van der Waals surface area (Å²) in [6.45, 7) is 2.18. The van der Waals surface area contributed by atoms with Gasteiger partial charge in [-0.05, 0) is 24.6 Å². The van der Waals surface area contributed by atoms with Gasteiger partial charge in [0.2, 0.25) is 0 Å². The maximum absolute atomic E-state index is 12.4. The summed E-state index contributed by atoms with van der Waals surface area (Å²) < 4.78 is 0. The average Bonchev–Trinajstić information content (AvgIpc) is 2.65. The van der Waals surface area contributed by atoms with Crippen LogP contribution in [0.3, 0.4) is 0 Å². The molecule has 1 aliphatic heterocycles. The van der Waals surface area contributed by atoms with E-state index in [9.17, 15) is 14.4 Å². The molecular formula is C17H24N6O4. The minimum absolute atomic E-state index is 0.00266. The number of carboxylic acids is 1. The number of rotatable bonds is 6. The van der Waals surface area contributed by atoms with Crippen LogP contribution in [0.5, 0.6) is 0 Å². The molecule has 0 spiro atoms. The number of guanidine groups is 1. The summed E-state index contributed by atoms with van der Waals surface area (Å²) >= 11 is 0. The summed E-state index contributed by atoms with van der Waals surface area (Å²) in [5.74, 6) is -1.23. The molecule has 0 unspecified atom stereocenters. The summed E-state index contributed by atoms with van der Waals surface area (Å²) in [7, 11) is 0. The first-order valence-electron chi connectivity index (χ1n) is 8.62. The molecule has 0 atom stereocenters. The van der Waals surface area contributed by atoms with Crippen molar-refractivity contribution in [1.82, 2.24) is 15.1 Å². The van der Waals surface area contributed by atoms with Gasteiger partial charge in [0, 0.05) is 50.4 Å². The number of benzene rings is 1. The topological polar surface area (TPSA) is 152 Å². The number of nitrogens with two attached hydrogens (primary N) is 1. The molecule has 10 nitrogen and oxygen atoms in total. The number of aliphatic carboxylic acids is 1. The number of carboxylic acid groups (broad SMARTS) is 1. The molecule has 1 aromatic carbocycles. The molecule has 0 saturated carbocycles. The van der Waals surface area contributed by atoms with Gasteiger partial charge in [-0.3, -0.25) is 15.0 Å². The first-order chi connectivity index (χ1) is 12.9. The predicted octanol–water partition coefficient (Wildman–Crippen LogP) is 0.324. The van der Waals surface area contributed by atoms with Gasteiger partial charge in [-0.15, -0.1) is 0 Å². The van der Waals surface area contributed by atoms with Crippen LogP contribution in [0.1, 0.15) is 23.2 Å². The number of piperazine rings is 1. The Bertz CT molecular complexity index is 715. The lowest BCUT2D eigenvalue weighted by Gasteiger charge is -2.34. The molecule has 0 aromatic heterocycles. The molecule has 1 aliphatic rings. The Kier molecular flexibility index (Phi) is 6.98. The van der Waals surface area contributed by atoms with Crippen LogP contribution < -0.4 is 16.4 Å². The van der Waals surface area contributed by atoms with Crippen molar-refractivity contribution in [3.8, 4) is 0 Å². The zero-order valence-electron chi connectivity index (χ0n) is 14.9. The van der Waals surface area contributed by atoms with Gasteiger partial charge in [0.05, 0.1) is 0 Å². The lowest BCUT2D eigenvalue weighted by molar-refractivity contribution is -0.137. The monoisotopic (exact) mass is 376 g/mol. The molecule has 146 valence electrons. The third-order valence-electron chi connectivity index (χ3n) is 4.14. The second-order valence-electron chi connectivity index (χ2n) is 6.12. The first kappa shape index (κ1) is 20.0. The largest absolute Gasteiger partial charge is 0.481 e. The molecule has 6 N–H and O–H groups in total. The summed E-state index contributed by atoms with van der Waals surface area (Å²) in [4.78, 5) is 38.2. The Morgan fingerprint density at radius 2 is 1.81 bits per heavy atom. The van der Waals surface area contributed by atoms with Crippen molar-refractivity contribution in [2.24, 2.45) is 5.73 Å². The van der Waals surface area contributed by atoms with Gasteiger partial charge >= 0.3 is 12.0 Å². The summed E-state index contributed by atoms with van der Waals surface area (Å²) in [6, 6.07) is 6.25. The van der Waals surface area contributed by atoms with Crippen LogP contribution in [-0.2, 0) is 4.79 Å². The smallest absolute Gasteiger partial charge is 0.321 e. The third kappa shape index (κ3) is 6.17. The highest BCUT2D eigenvalue weighted by Crippen LogP contribution is 2.12. The molecule has 27 heavy (non-hydrogen) atoms. The van der Waals surface area contributed by atoms with Crippen LogP contribution in [0, 0.1) is 5.41 Å². The zero-order chi connectivity index (χ0) is 19.8. The van der Waals surface area contributed by atoms with Crippen LogP contribution >= 0.6 is 0 Å². The van der Waals surface area contributed by atoms with E-state index in [-0.39, 0.29) is 30.9 Å². The van der Waals surface area contributed by atoms with Crippen LogP contribution in [0.15, 0.2) is 24.3 Å². The first-order valence-corrected chi connectivity index (χ1v) is 8.62. The van der Waals surface area contributed by atoms with E-state index < -0.39 is 5.97 Å². The Hall–Kier alpha value is -3.30. The van der Waals surface area contributed by atoms with Crippen LogP contribution in [0.4, 0.5) is 10.5 Å². The average molecular weight is 376 g/mol. The number of carbonyl (C=O) groups is 3. The number of nitrogens with one attached hydrogen (secondary N) is 3. The van der Waals surface area contributed by atoms with E-state index in [4.69, 9.17) is 16.2 Å². The van der Waals surface area contributed by atoms with Crippen molar-refractivity contribution in [2.45, 2.75) is 12.8 Å². The maximum Gasteiger partial charge on any atom is 0.321 e. The lowest BCUT2D eigenvalue weighted by Crippen LogP contribution is -2.53. The van der Waals surface area contributed by atoms with E-state index in [1.54, 1.807) is 34.1 Å². The molecule has 1 aromatic rings. The summed E-state index contributed by atoms with van der Waals surface area (Å²) in [5.41, 5.74) is 6.31. The molecule has 1 saturated heterocycles. The molecule has 0 aliphatic carbocycles. The molecule has 1 heterocycles. The van der Waals surface area contributed by atoms with Gasteiger partial charge < -0.3 is 31.3 Å².